The number of fused-ring (bicyclic) bond motifs is 3. The second kappa shape index (κ2) is 4.74. The highest BCUT2D eigenvalue weighted by molar-refractivity contribution is 6.09. The highest BCUT2D eigenvalue weighted by Gasteiger charge is 2.57. The molecule has 0 aromatic carbocycles. The van der Waals surface area contributed by atoms with Gasteiger partial charge in [0.25, 0.3) is 5.91 Å². The minimum Gasteiger partial charge on any atom is -0.477 e. The molecule has 20 heavy (non-hydrogen) atoms. The molecule has 0 aromatic rings. The van der Waals surface area contributed by atoms with Crippen LogP contribution in [0.3, 0.4) is 0 Å². The van der Waals surface area contributed by atoms with Crippen LogP contribution in [0, 0.1) is 11.8 Å². The van der Waals surface area contributed by atoms with Gasteiger partial charge >= 0.3 is 5.97 Å². The third-order valence-corrected chi connectivity index (χ3v) is 4.75. The van der Waals surface area contributed by atoms with Crippen LogP contribution in [0.2, 0.25) is 0 Å². The zero-order valence-corrected chi connectivity index (χ0v) is 11.8. The van der Waals surface area contributed by atoms with E-state index < -0.39 is 5.97 Å². The Morgan fingerprint density at radius 1 is 1.50 bits per heavy atom. The molecule has 0 aromatic heterocycles. The van der Waals surface area contributed by atoms with Crippen molar-refractivity contribution in [2.75, 3.05) is 13.7 Å². The lowest BCUT2D eigenvalue weighted by Gasteiger charge is -2.42. The van der Waals surface area contributed by atoms with E-state index in [4.69, 9.17) is 4.74 Å². The fraction of sp³-hybridized carbons (Fsp3) is 0.600. The number of nitrogens with zero attached hydrogens (tertiary/aromatic N) is 1. The van der Waals surface area contributed by atoms with Gasteiger partial charge in [0, 0.05) is 24.5 Å². The van der Waals surface area contributed by atoms with Crippen LogP contribution in [0.1, 0.15) is 26.2 Å². The van der Waals surface area contributed by atoms with E-state index in [1.54, 1.807) is 7.11 Å². The molecule has 0 spiro atoms. The minimum atomic E-state index is -0.987. The van der Waals surface area contributed by atoms with Crippen molar-refractivity contribution in [2.45, 2.75) is 32.2 Å². The van der Waals surface area contributed by atoms with E-state index in [2.05, 4.69) is 0 Å². The van der Waals surface area contributed by atoms with Crippen LogP contribution in [0.5, 0.6) is 0 Å². The Bertz CT molecular complexity index is 532. The van der Waals surface area contributed by atoms with E-state index in [0.29, 0.717) is 6.61 Å². The maximum Gasteiger partial charge on any atom is 0.352 e. The molecule has 1 aliphatic carbocycles. The molecule has 0 unspecified atom stereocenters. The lowest BCUT2D eigenvalue weighted by molar-refractivity contribution is -0.142. The van der Waals surface area contributed by atoms with E-state index >= 15 is 0 Å². The number of ether oxygens (including phenoxy) is 1. The van der Waals surface area contributed by atoms with Crippen molar-refractivity contribution in [3.63, 3.8) is 0 Å². The Labute approximate surface area is 117 Å². The first-order chi connectivity index (χ1) is 9.61. The number of β-lactam (4-membered cyclic amide) rings is 1. The molecule has 2 heterocycles. The van der Waals surface area contributed by atoms with Crippen LogP contribution < -0.4 is 0 Å². The van der Waals surface area contributed by atoms with Gasteiger partial charge in [-0.1, -0.05) is 12.5 Å². The van der Waals surface area contributed by atoms with Gasteiger partial charge < -0.3 is 9.84 Å². The minimum absolute atomic E-state index is 0.0479. The van der Waals surface area contributed by atoms with Crippen molar-refractivity contribution < 1.29 is 19.4 Å². The first kappa shape index (κ1) is 13.4. The number of aliphatic carboxylic acids is 1. The first-order valence-electron chi connectivity index (χ1n) is 7.07. The van der Waals surface area contributed by atoms with Gasteiger partial charge in [-0.2, -0.15) is 0 Å². The van der Waals surface area contributed by atoms with Crippen molar-refractivity contribution in [1.82, 2.24) is 4.90 Å². The second-order valence-electron chi connectivity index (χ2n) is 5.66. The summed E-state index contributed by atoms with van der Waals surface area (Å²) in [5, 5.41) is 9.52. The van der Waals surface area contributed by atoms with Crippen molar-refractivity contribution in [2.24, 2.45) is 11.8 Å². The highest BCUT2D eigenvalue weighted by Crippen LogP contribution is 2.52. The second-order valence-corrected chi connectivity index (χ2v) is 5.66. The molecule has 1 amide bonds. The maximum absolute atomic E-state index is 12.1. The highest BCUT2D eigenvalue weighted by atomic mass is 16.5. The molecule has 5 heteroatoms. The normalized spacial score (nSPS) is 34.1. The van der Waals surface area contributed by atoms with Gasteiger partial charge in [0.05, 0.1) is 12.6 Å². The Hall–Kier alpha value is -1.62. The summed E-state index contributed by atoms with van der Waals surface area (Å²) in [5.41, 5.74) is 1.92. The number of methoxy groups -OCH3 is 1. The molecule has 0 radical (unpaired) electrons. The quantitative estimate of drug-likeness (QED) is 0.628. The molecule has 1 N–H and O–H groups in total. The molecule has 1 saturated carbocycles. The summed E-state index contributed by atoms with van der Waals surface area (Å²) < 4.78 is 5.24. The maximum atomic E-state index is 12.1. The first-order valence-corrected chi connectivity index (χ1v) is 7.07. The van der Waals surface area contributed by atoms with E-state index in [9.17, 15) is 14.7 Å². The van der Waals surface area contributed by atoms with Crippen LogP contribution in [0.15, 0.2) is 22.9 Å². The lowest BCUT2D eigenvalue weighted by atomic mass is 9.72. The van der Waals surface area contributed by atoms with Gasteiger partial charge in [0.1, 0.15) is 5.70 Å². The van der Waals surface area contributed by atoms with E-state index in [-0.39, 0.29) is 29.5 Å². The number of amides is 1. The number of hydrogen-bond acceptors (Lipinski definition) is 3. The van der Waals surface area contributed by atoms with Crippen LogP contribution in [-0.2, 0) is 14.3 Å². The van der Waals surface area contributed by atoms with Crippen LogP contribution in [0.25, 0.3) is 0 Å². The monoisotopic (exact) mass is 277 g/mol. The summed E-state index contributed by atoms with van der Waals surface area (Å²) in [7, 11) is 1.64. The third kappa shape index (κ3) is 1.59. The standard InChI is InChI=1S/C15H19NO4/c1-3-9-12-10-6-4-5-8(7-20-2)11(10)13(15(18)19)16(12)14(9)17/h3,8,10,12H,4-7H2,1-2H3,(H,18,19)/t8-,10+,12-/m0/s1. The zero-order chi connectivity index (χ0) is 14.4. The SMILES string of the molecule is CC=C1C(=O)N2C(C(=O)O)=C3[C@H](COC)CCC[C@H]3[C@H]12. The van der Waals surface area contributed by atoms with Crippen molar-refractivity contribution in [1.29, 1.82) is 0 Å². The van der Waals surface area contributed by atoms with E-state index in [1.165, 1.54) is 4.90 Å². The summed E-state index contributed by atoms with van der Waals surface area (Å²) in [6, 6.07) is -0.0479. The van der Waals surface area contributed by atoms with Crippen LogP contribution in [-0.4, -0.2) is 41.6 Å². The van der Waals surface area contributed by atoms with Gasteiger partial charge in [-0.3, -0.25) is 9.69 Å². The molecule has 1 saturated heterocycles. The van der Waals surface area contributed by atoms with Crippen LogP contribution >= 0.6 is 0 Å². The van der Waals surface area contributed by atoms with Gasteiger partial charge in [-0.15, -0.1) is 0 Å². The van der Waals surface area contributed by atoms with Gasteiger partial charge in [0.15, 0.2) is 0 Å². The van der Waals surface area contributed by atoms with Crippen molar-refractivity contribution in [3.8, 4) is 0 Å². The largest absolute Gasteiger partial charge is 0.477 e. The number of carboxylic acid groups (broad SMARTS) is 1. The fourth-order valence-electron chi connectivity index (χ4n) is 4.03. The molecule has 5 nitrogen and oxygen atoms in total. The Balaban J connectivity index is 2.06. The molecule has 2 aliphatic heterocycles. The predicted octanol–water partition coefficient (Wildman–Crippen LogP) is 1.56. The summed E-state index contributed by atoms with van der Waals surface area (Å²) in [4.78, 5) is 25.2. The van der Waals surface area contributed by atoms with Gasteiger partial charge in [-0.25, -0.2) is 4.79 Å². The molecule has 0 bridgehead atoms. The third-order valence-electron chi connectivity index (χ3n) is 4.75. The molecular formula is C15H19NO4. The number of carbonyl (C=O) groups is 2. The van der Waals surface area contributed by atoms with Gasteiger partial charge in [0.2, 0.25) is 0 Å². The molecular weight excluding hydrogens is 258 g/mol. The van der Waals surface area contributed by atoms with Crippen LogP contribution in [0.4, 0.5) is 0 Å². The number of carboxylic acids is 1. The Morgan fingerprint density at radius 2 is 2.25 bits per heavy atom. The Kier molecular flexibility index (Phi) is 3.17. The number of carbonyl (C=O) groups excluding carboxylic acids is 1. The summed E-state index contributed by atoms with van der Waals surface area (Å²) in [6.45, 7) is 2.38. The molecule has 2 fully saturated rings. The number of rotatable bonds is 3. The summed E-state index contributed by atoms with van der Waals surface area (Å²) in [6.07, 6.45) is 4.78. The average molecular weight is 277 g/mol. The summed E-state index contributed by atoms with van der Waals surface area (Å²) >= 11 is 0. The summed E-state index contributed by atoms with van der Waals surface area (Å²) in [5.74, 6) is -0.841. The molecule has 108 valence electrons. The molecule has 3 aliphatic rings. The fourth-order valence-corrected chi connectivity index (χ4v) is 4.03. The molecule has 3 rings (SSSR count). The zero-order valence-electron chi connectivity index (χ0n) is 11.8. The van der Waals surface area contributed by atoms with E-state index in [0.717, 1.165) is 30.4 Å². The molecule has 3 atom stereocenters. The van der Waals surface area contributed by atoms with Crippen molar-refractivity contribution in [3.05, 3.63) is 22.9 Å². The topological polar surface area (TPSA) is 66.8 Å². The Morgan fingerprint density at radius 3 is 2.85 bits per heavy atom. The lowest BCUT2D eigenvalue weighted by Crippen LogP contribution is -2.54. The average Bonchev–Trinajstić information content (AvgIpc) is 2.72. The predicted molar refractivity (Wildman–Crippen MR) is 71.8 cm³/mol. The van der Waals surface area contributed by atoms with E-state index in [1.807, 2.05) is 13.0 Å². The smallest absolute Gasteiger partial charge is 0.352 e. The van der Waals surface area contributed by atoms with Gasteiger partial charge in [-0.05, 0) is 25.3 Å². The van der Waals surface area contributed by atoms with Crippen molar-refractivity contribution >= 4 is 11.9 Å². The number of hydrogen-bond donors (Lipinski definition) is 1. The number of allylic oxidation sites excluding steroid dienone is 1.